The van der Waals surface area contributed by atoms with Crippen molar-refractivity contribution in [1.29, 1.82) is 0 Å². The van der Waals surface area contributed by atoms with Crippen molar-refractivity contribution in [2.75, 3.05) is 17.1 Å². The standard InChI is InChI=1S/C32H37Cl2N3O4S2/c1-22-9-13-27(14-10-22)37(43(40,41)29-17-15-28(42-3)16-18-29)21-31(38)36(20-24-11-12-25(33)19-30(24)34)23(2)32(39)35-26-7-5-4-6-8-26/h9-19,23,26H,4-8,20-21H2,1-3H3,(H,35,39)/t23-/m1/s1. The number of nitrogens with zero attached hydrogens (tertiary/aromatic N) is 2. The number of halogens is 2. The molecule has 3 aromatic rings. The van der Waals surface area contributed by atoms with Crippen LogP contribution < -0.4 is 9.62 Å². The van der Waals surface area contributed by atoms with Crippen LogP contribution in [0.4, 0.5) is 5.69 Å². The highest BCUT2D eigenvalue weighted by atomic mass is 35.5. The minimum absolute atomic E-state index is 0.00169. The van der Waals surface area contributed by atoms with Gasteiger partial charge < -0.3 is 10.2 Å². The molecule has 3 aromatic carbocycles. The van der Waals surface area contributed by atoms with Gasteiger partial charge in [-0.3, -0.25) is 13.9 Å². The molecule has 2 amide bonds. The van der Waals surface area contributed by atoms with Gasteiger partial charge in [-0.1, -0.05) is 66.2 Å². The van der Waals surface area contributed by atoms with E-state index in [4.69, 9.17) is 23.2 Å². The Kier molecular flexibility index (Phi) is 11.5. The maximum Gasteiger partial charge on any atom is 0.264 e. The Morgan fingerprint density at radius 1 is 0.977 bits per heavy atom. The maximum atomic E-state index is 14.2. The largest absolute Gasteiger partial charge is 0.352 e. The van der Waals surface area contributed by atoms with Gasteiger partial charge in [0.1, 0.15) is 12.6 Å². The predicted molar refractivity (Wildman–Crippen MR) is 175 cm³/mol. The first-order valence-electron chi connectivity index (χ1n) is 14.3. The summed E-state index contributed by atoms with van der Waals surface area (Å²) in [5, 5.41) is 3.89. The number of hydrogen-bond donors (Lipinski definition) is 1. The van der Waals surface area contributed by atoms with Crippen LogP contribution in [0, 0.1) is 6.92 Å². The van der Waals surface area contributed by atoms with Crippen LogP contribution in [0.1, 0.15) is 50.2 Å². The van der Waals surface area contributed by atoms with E-state index in [2.05, 4.69) is 5.32 Å². The van der Waals surface area contributed by atoms with E-state index in [0.29, 0.717) is 21.3 Å². The van der Waals surface area contributed by atoms with Crippen LogP contribution in [0.2, 0.25) is 10.0 Å². The predicted octanol–water partition coefficient (Wildman–Crippen LogP) is 7.09. The highest BCUT2D eigenvalue weighted by Crippen LogP contribution is 2.28. The Hall–Kier alpha value is -2.72. The van der Waals surface area contributed by atoms with Crippen LogP contribution in [-0.2, 0) is 26.2 Å². The van der Waals surface area contributed by atoms with Crippen LogP contribution in [0.5, 0.6) is 0 Å². The van der Waals surface area contributed by atoms with Gasteiger partial charge in [-0.25, -0.2) is 8.42 Å². The highest BCUT2D eigenvalue weighted by molar-refractivity contribution is 7.98. The Labute approximate surface area is 269 Å². The summed E-state index contributed by atoms with van der Waals surface area (Å²) in [5.74, 6) is -0.829. The van der Waals surface area contributed by atoms with Crippen LogP contribution in [0.15, 0.2) is 76.5 Å². The molecule has 0 saturated heterocycles. The second-order valence-electron chi connectivity index (χ2n) is 10.8. The highest BCUT2D eigenvalue weighted by Gasteiger charge is 2.33. The third-order valence-electron chi connectivity index (χ3n) is 7.72. The zero-order valence-corrected chi connectivity index (χ0v) is 27.7. The summed E-state index contributed by atoms with van der Waals surface area (Å²) in [6, 6.07) is 17.6. The van der Waals surface area contributed by atoms with Gasteiger partial charge >= 0.3 is 0 Å². The number of hydrogen-bond acceptors (Lipinski definition) is 5. The van der Waals surface area contributed by atoms with Gasteiger partial charge in [-0.05, 0) is 87.0 Å². The molecular weight excluding hydrogens is 625 g/mol. The molecule has 0 unspecified atom stereocenters. The SMILES string of the molecule is CSc1ccc(S(=O)(=O)N(CC(=O)N(Cc2ccc(Cl)cc2Cl)[C@H](C)C(=O)NC2CCCCC2)c2ccc(C)cc2)cc1. The summed E-state index contributed by atoms with van der Waals surface area (Å²) in [6.45, 7) is 3.05. The number of rotatable bonds is 11. The molecule has 7 nitrogen and oxygen atoms in total. The number of amides is 2. The summed E-state index contributed by atoms with van der Waals surface area (Å²) in [6.07, 6.45) is 6.93. The third-order valence-corrected chi connectivity index (χ3v) is 10.8. The van der Waals surface area contributed by atoms with Crippen LogP contribution in [0.25, 0.3) is 0 Å². The van der Waals surface area contributed by atoms with Crippen molar-refractivity contribution in [2.45, 2.75) is 74.4 Å². The molecule has 0 spiro atoms. The maximum absolute atomic E-state index is 14.2. The summed E-state index contributed by atoms with van der Waals surface area (Å²) < 4.78 is 29.2. The second kappa shape index (κ2) is 14.8. The van der Waals surface area contributed by atoms with Gasteiger partial charge in [0, 0.05) is 27.5 Å². The van der Waals surface area contributed by atoms with Gasteiger partial charge in [0.25, 0.3) is 10.0 Å². The van der Waals surface area contributed by atoms with Gasteiger partial charge in [-0.15, -0.1) is 11.8 Å². The Morgan fingerprint density at radius 3 is 2.23 bits per heavy atom. The molecule has 4 rings (SSSR count). The number of sulfonamides is 1. The lowest BCUT2D eigenvalue weighted by atomic mass is 9.95. The van der Waals surface area contributed by atoms with Crippen molar-refractivity contribution in [1.82, 2.24) is 10.2 Å². The van der Waals surface area contributed by atoms with E-state index in [1.807, 2.05) is 13.2 Å². The molecule has 43 heavy (non-hydrogen) atoms. The Balaban J connectivity index is 1.69. The van der Waals surface area contributed by atoms with E-state index in [0.717, 1.165) is 46.9 Å². The Bertz CT molecular complexity index is 1530. The monoisotopic (exact) mass is 661 g/mol. The minimum Gasteiger partial charge on any atom is -0.352 e. The molecule has 1 aliphatic carbocycles. The smallest absolute Gasteiger partial charge is 0.264 e. The van der Waals surface area contributed by atoms with Crippen molar-refractivity contribution in [3.63, 3.8) is 0 Å². The normalized spacial score (nSPS) is 14.6. The topological polar surface area (TPSA) is 86.8 Å². The number of carbonyl (C=O) groups excluding carboxylic acids is 2. The molecule has 1 fully saturated rings. The van der Waals surface area contributed by atoms with Crippen molar-refractivity contribution in [3.8, 4) is 0 Å². The molecule has 0 bridgehead atoms. The second-order valence-corrected chi connectivity index (χ2v) is 14.4. The first-order chi connectivity index (χ1) is 20.5. The van der Waals surface area contributed by atoms with E-state index in [1.165, 1.54) is 16.7 Å². The minimum atomic E-state index is -4.14. The van der Waals surface area contributed by atoms with Gasteiger partial charge in [0.2, 0.25) is 11.8 Å². The van der Waals surface area contributed by atoms with Crippen molar-refractivity contribution in [2.24, 2.45) is 0 Å². The number of thioether (sulfide) groups is 1. The summed E-state index contributed by atoms with van der Waals surface area (Å²) in [5.41, 5.74) is 1.88. The Morgan fingerprint density at radius 2 is 1.63 bits per heavy atom. The fourth-order valence-corrected chi connectivity index (χ4v) is 7.39. The number of benzene rings is 3. The zero-order chi connectivity index (χ0) is 31.1. The van der Waals surface area contributed by atoms with Crippen molar-refractivity contribution >= 4 is 62.5 Å². The van der Waals surface area contributed by atoms with Crippen LogP contribution in [0.3, 0.4) is 0 Å². The average Bonchev–Trinajstić information content (AvgIpc) is 3.00. The lowest BCUT2D eigenvalue weighted by molar-refractivity contribution is -0.139. The van der Waals surface area contributed by atoms with E-state index in [9.17, 15) is 18.0 Å². The average molecular weight is 663 g/mol. The fourth-order valence-electron chi connectivity index (χ4n) is 5.10. The van der Waals surface area contributed by atoms with Gasteiger partial charge in [-0.2, -0.15) is 0 Å². The summed E-state index contributed by atoms with van der Waals surface area (Å²) in [7, 11) is -4.14. The summed E-state index contributed by atoms with van der Waals surface area (Å²) in [4.78, 5) is 30.0. The molecule has 1 saturated carbocycles. The van der Waals surface area contributed by atoms with Crippen LogP contribution >= 0.6 is 35.0 Å². The van der Waals surface area contributed by atoms with E-state index in [-0.39, 0.29) is 23.4 Å². The van der Waals surface area contributed by atoms with E-state index >= 15 is 0 Å². The lowest BCUT2D eigenvalue weighted by Crippen LogP contribution is -2.53. The van der Waals surface area contributed by atoms with E-state index < -0.39 is 28.5 Å². The van der Waals surface area contributed by atoms with Crippen LogP contribution in [-0.4, -0.2) is 50.0 Å². The number of nitrogens with one attached hydrogen (secondary N) is 1. The molecule has 1 N–H and O–H groups in total. The van der Waals surface area contributed by atoms with E-state index in [1.54, 1.807) is 73.7 Å². The molecule has 0 aliphatic heterocycles. The summed E-state index contributed by atoms with van der Waals surface area (Å²) >= 11 is 14.1. The van der Waals surface area contributed by atoms with Gasteiger partial charge in [0.15, 0.2) is 0 Å². The van der Waals surface area contributed by atoms with Crippen molar-refractivity contribution in [3.05, 3.63) is 87.9 Å². The molecule has 11 heteroatoms. The third kappa shape index (κ3) is 8.47. The fraction of sp³-hybridized carbons (Fsp3) is 0.375. The molecule has 230 valence electrons. The zero-order valence-electron chi connectivity index (χ0n) is 24.6. The quantitative estimate of drug-likeness (QED) is 0.222. The molecule has 0 aromatic heterocycles. The first-order valence-corrected chi connectivity index (χ1v) is 17.7. The number of aryl methyl sites for hydroxylation is 1. The van der Waals surface area contributed by atoms with Crippen molar-refractivity contribution < 1.29 is 18.0 Å². The molecule has 0 radical (unpaired) electrons. The molecule has 0 heterocycles. The number of anilines is 1. The number of carbonyl (C=O) groups is 2. The molecule has 1 atom stereocenters. The van der Waals surface area contributed by atoms with Gasteiger partial charge in [0.05, 0.1) is 10.6 Å². The molecular formula is C32H37Cl2N3O4S2. The molecule has 1 aliphatic rings. The lowest BCUT2D eigenvalue weighted by Gasteiger charge is -2.33. The first kappa shape index (κ1) is 33.2.